The minimum Gasteiger partial charge on any atom is -0.447 e. The minimum atomic E-state index is -3.52. The highest BCUT2D eigenvalue weighted by molar-refractivity contribution is 7.98. The highest BCUT2D eigenvalue weighted by atomic mass is 32.2. The van der Waals surface area contributed by atoms with E-state index in [4.69, 9.17) is 4.42 Å². The molecule has 1 rings (SSSR count). The Morgan fingerprint density at radius 1 is 1.44 bits per heavy atom. The van der Waals surface area contributed by atoms with Crippen LogP contribution >= 0.6 is 11.8 Å². The van der Waals surface area contributed by atoms with Gasteiger partial charge in [0.05, 0.1) is 6.54 Å². The Morgan fingerprint density at radius 2 is 2.17 bits per heavy atom. The van der Waals surface area contributed by atoms with E-state index in [0.717, 1.165) is 5.75 Å². The van der Waals surface area contributed by atoms with Crippen molar-refractivity contribution in [2.75, 3.05) is 25.6 Å². The zero-order valence-corrected chi connectivity index (χ0v) is 12.5. The summed E-state index contributed by atoms with van der Waals surface area (Å²) in [6.07, 6.45) is 2.00. The van der Waals surface area contributed by atoms with Crippen LogP contribution in [0.25, 0.3) is 0 Å². The first kappa shape index (κ1) is 15.6. The summed E-state index contributed by atoms with van der Waals surface area (Å²) in [5, 5.41) is 2.88. The van der Waals surface area contributed by atoms with Gasteiger partial charge in [0.15, 0.2) is 0 Å². The van der Waals surface area contributed by atoms with Gasteiger partial charge in [0.1, 0.15) is 5.76 Å². The largest absolute Gasteiger partial charge is 0.447 e. The number of sulfonamides is 1. The van der Waals surface area contributed by atoms with Crippen molar-refractivity contribution in [1.29, 1.82) is 0 Å². The topological polar surface area (TPSA) is 71.3 Å². The molecule has 1 atom stereocenters. The molecule has 0 aliphatic carbocycles. The fourth-order valence-electron chi connectivity index (χ4n) is 1.44. The molecule has 0 saturated heterocycles. The maximum atomic E-state index is 11.9. The van der Waals surface area contributed by atoms with Gasteiger partial charge in [-0.3, -0.25) is 0 Å². The fourth-order valence-corrected chi connectivity index (χ4v) is 3.24. The molecule has 1 aromatic heterocycles. The van der Waals surface area contributed by atoms with E-state index in [1.165, 1.54) is 6.07 Å². The molecule has 18 heavy (non-hydrogen) atoms. The maximum Gasteiger partial charge on any atom is 0.273 e. The lowest BCUT2D eigenvalue weighted by Gasteiger charge is -2.10. The Labute approximate surface area is 113 Å². The summed E-state index contributed by atoms with van der Waals surface area (Å²) >= 11 is 1.70. The van der Waals surface area contributed by atoms with Gasteiger partial charge in [0, 0.05) is 6.54 Å². The third kappa shape index (κ3) is 4.64. The van der Waals surface area contributed by atoms with Crippen molar-refractivity contribution in [2.24, 2.45) is 5.92 Å². The quantitative estimate of drug-likeness (QED) is 0.755. The van der Waals surface area contributed by atoms with E-state index >= 15 is 0 Å². The molecular formula is C11H20N2O3S2. The van der Waals surface area contributed by atoms with Crippen LogP contribution in [0.15, 0.2) is 21.6 Å². The minimum absolute atomic E-state index is 0.0240. The van der Waals surface area contributed by atoms with Crippen molar-refractivity contribution >= 4 is 21.8 Å². The summed E-state index contributed by atoms with van der Waals surface area (Å²) in [6, 6.07) is 3.14. The van der Waals surface area contributed by atoms with Gasteiger partial charge in [-0.05, 0) is 37.1 Å². The number of hydrogen-bond acceptors (Lipinski definition) is 5. The van der Waals surface area contributed by atoms with Crippen LogP contribution in [0.3, 0.4) is 0 Å². The molecule has 0 aliphatic rings. The molecule has 1 heterocycles. The molecule has 0 aromatic carbocycles. The van der Waals surface area contributed by atoms with E-state index < -0.39 is 10.0 Å². The van der Waals surface area contributed by atoms with E-state index in [2.05, 4.69) is 10.0 Å². The highest BCUT2D eigenvalue weighted by Gasteiger charge is 2.19. The van der Waals surface area contributed by atoms with Gasteiger partial charge >= 0.3 is 0 Å². The monoisotopic (exact) mass is 292 g/mol. The predicted molar refractivity (Wildman–Crippen MR) is 74.2 cm³/mol. The van der Waals surface area contributed by atoms with E-state index in [0.29, 0.717) is 24.8 Å². The van der Waals surface area contributed by atoms with Crippen LogP contribution in [0.1, 0.15) is 12.7 Å². The first-order valence-corrected chi connectivity index (χ1v) is 8.59. The normalized spacial score (nSPS) is 13.7. The molecule has 0 fully saturated rings. The van der Waals surface area contributed by atoms with Crippen molar-refractivity contribution < 1.29 is 12.8 Å². The summed E-state index contributed by atoms with van der Waals surface area (Å²) in [6.45, 7) is 2.94. The lowest BCUT2D eigenvalue weighted by atomic mass is 10.2. The van der Waals surface area contributed by atoms with Gasteiger partial charge in [0.25, 0.3) is 10.0 Å². The number of furan rings is 1. The zero-order chi connectivity index (χ0) is 13.6. The van der Waals surface area contributed by atoms with Gasteiger partial charge in [-0.15, -0.1) is 0 Å². The molecule has 1 aromatic rings. The van der Waals surface area contributed by atoms with Gasteiger partial charge < -0.3 is 9.73 Å². The summed E-state index contributed by atoms with van der Waals surface area (Å²) in [5.41, 5.74) is 0. The van der Waals surface area contributed by atoms with Crippen LogP contribution in [-0.4, -0.2) is 34.0 Å². The van der Waals surface area contributed by atoms with Crippen LogP contribution in [-0.2, 0) is 16.6 Å². The molecule has 0 bridgehead atoms. The van der Waals surface area contributed by atoms with Gasteiger partial charge in [-0.2, -0.15) is 11.8 Å². The molecule has 0 aliphatic heterocycles. The van der Waals surface area contributed by atoms with Crippen molar-refractivity contribution in [3.63, 3.8) is 0 Å². The zero-order valence-electron chi connectivity index (χ0n) is 10.9. The Hall–Kier alpha value is -0.500. The van der Waals surface area contributed by atoms with Crippen LogP contribution in [0.2, 0.25) is 0 Å². The average Bonchev–Trinajstić information content (AvgIpc) is 2.77. The molecular weight excluding hydrogens is 272 g/mol. The second kappa shape index (κ2) is 7.18. The first-order chi connectivity index (χ1) is 8.49. The number of rotatable bonds is 8. The third-order valence-electron chi connectivity index (χ3n) is 2.33. The number of hydrogen-bond donors (Lipinski definition) is 2. The summed E-state index contributed by atoms with van der Waals surface area (Å²) in [5.74, 6) is 1.82. The highest BCUT2D eigenvalue weighted by Crippen LogP contribution is 2.14. The van der Waals surface area contributed by atoms with Crippen molar-refractivity contribution in [1.82, 2.24) is 10.0 Å². The summed E-state index contributed by atoms with van der Waals surface area (Å²) in [7, 11) is -1.75. The molecule has 0 radical (unpaired) electrons. The SMILES string of the molecule is CNCc1ccc(S(=O)(=O)NCC(C)CSC)o1. The van der Waals surface area contributed by atoms with E-state index in [9.17, 15) is 8.42 Å². The summed E-state index contributed by atoms with van der Waals surface area (Å²) in [4.78, 5) is 0. The molecule has 1 unspecified atom stereocenters. The lowest BCUT2D eigenvalue weighted by molar-refractivity contribution is 0.403. The molecule has 2 N–H and O–H groups in total. The molecule has 7 heteroatoms. The van der Waals surface area contributed by atoms with E-state index in [1.54, 1.807) is 24.9 Å². The van der Waals surface area contributed by atoms with E-state index in [-0.39, 0.29) is 5.09 Å². The Balaban J connectivity index is 2.62. The van der Waals surface area contributed by atoms with Crippen molar-refractivity contribution in [3.05, 3.63) is 17.9 Å². The third-order valence-corrected chi connectivity index (χ3v) is 4.52. The predicted octanol–water partition coefficient (Wildman–Crippen LogP) is 1.28. The summed E-state index contributed by atoms with van der Waals surface area (Å²) < 4.78 is 31.7. The van der Waals surface area contributed by atoms with Gasteiger partial charge in [-0.1, -0.05) is 6.92 Å². The second-order valence-corrected chi connectivity index (χ2v) is 6.77. The number of nitrogens with one attached hydrogen (secondary N) is 2. The smallest absolute Gasteiger partial charge is 0.273 e. The van der Waals surface area contributed by atoms with Crippen molar-refractivity contribution in [3.8, 4) is 0 Å². The Kier molecular flexibility index (Phi) is 6.20. The average molecular weight is 292 g/mol. The van der Waals surface area contributed by atoms with E-state index in [1.807, 2.05) is 13.2 Å². The molecule has 0 amide bonds. The van der Waals surface area contributed by atoms with Gasteiger partial charge in [0.2, 0.25) is 5.09 Å². The van der Waals surface area contributed by atoms with Gasteiger partial charge in [-0.25, -0.2) is 13.1 Å². The Bertz CT molecular complexity index is 457. The standard InChI is InChI=1S/C11H20N2O3S2/c1-9(8-17-3)6-13-18(14,15)11-5-4-10(16-11)7-12-2/h4-5,9,12-13H,6-8H2,1-3H3. The maximum absolute atomic E-state index is 11.9. The molecule has 5 nitrogen and oxygen atoms in total. The Morgan fingerprint density at radius 3 is 2.78 bits per heavy atom. The molecule has 0 spiro atoms. The molecule has 104 valence electrons. The fraction of sp³-hybridized carbons (Fsp3) is 0.636. The lowest BCUT2D eigenvalue weighted by Crippen LogP contribution is -2.29. The van der Waals surface area contributed by atoms with Crippen LogP contribution in [0.5, 0.6) is 0 Å². The number of thioether (sulfide) groups is 1. The first-order valence-electron chi connectivity index (χ1n) is 5.71. The molecule has 0 saturated carbocycles. The van der Waals surface area contributed by atoms with Crippen molar-refractivity contribution in [2.45, 2.75) is 18.6 Å². The second-order valence-electron chi connectivity index (χ2n) is 4.16. The van der Waals surface area contributed by atoms with Crippen LogP contribution < -0.4 is 10.0 Å². The van der Waals surface area contributed by atoms with Crippen LogP contribution in [0, 0.1) is 5.92 Å². The van der Waals surface area contributed by atoms with Crippen LogP contribution in [0.4, 0.5) is 0 Å².